The number of benzene rings is 8. The van der Waals surface area contributed by atoms with Crippen molar-refractivity contribution < 1.29 is 0 Å². The second kappa shape index (κ2) is 13.4. The van der Waals surface area contributed by atoms with Crippen LogP contribution in [0.25, 0.3) is 95.5 Å². The van der Waals surface area contributed by atoms with E-state index in [2.05, 4.69) is 199 Å². The van der Waals surface area contributed by atoms with Crippen LogP contribution in [0.5, 0.6) is 0 Å². The molecule has 0 N–H and O–H groups in total. The molecule has 0 bridgehead atoms. The zero-order valence-corrected chi connectivity index (χ0v) is 33.4. The molecule has 0 saturated heterocycles. The Morgan fingerprint density at radius 1 is 0.323 bits per heavy atom. The highest BCUT2D eigenvalue weighted by Gasteiger charge is 2.51. The van der Waals surface area contributed by atoms with Crippen LogP contribution in [0.1, 0.15) is 22.3 Å². The Bertz CT molecular complexity index is 3530. The maximum Gasteiger partial charge on any atom is 0.164 e. The van der Waals surface area contributed by atoms with Gasteiger partial charge in [-0.1, -0.05) is 182 Å². The molecule has 2 aliphatic carbocycles. The first-order chi connectivity index (χ1) is 30.7. The standard InChI is InChI=1S/C57H35N5/c1-3-17-37(18-4-1)53-52(58-51-33-31-36-16-7-14-29-50(36)62(51)53)39-21-15-22-40(34-39)55-59-54(38-19-5-2-6-20-38)60-56(61-55)41-30-32-45-44-25-10-13-28-48(44)57(49(45)35-41)46-26-11-8-23-42(46)43-24-9-12-27-47(43)57/h1-35H. The molecule has 1 spiro atoms. The molecule has 3 aromatic heterocycles. The Hall–Kier alpha value is -8.28. The summed E-state index contributed by atoms with van der Waals surface area (Å²) >= 11 is 0. The van der Waals surface area contributed by atoms with Crippen LogP contribution in [0.2, 0.25) is 0 Å². The molecule has 0 amide bonds. The molecular weight excluding hydrogens is 755 g/mol. The normalized spacial score (nSPS) is 13.0. The van der Waals surface area contributed by atoms with Gasteiger partial charge >= 0.3 is 0 Å². The van der Waals surface area contributed by atoms with Crippen LogP contribution in [0.3, 0.4) is 0 Å². The fraction of sp³-hybridized carbons (Fsp3) is 0.0175. The maximum absolute atomic E-state index is 5.33. The third kappa shape index (κ3) is 4.96. The van der Waals surface area contributed by atoms with Crippen molar-refractivity contribution in [3.63, 3.8) is 0 Å². The van der Waals surface area contributed by atoms with Crippen molar-refractivity contribution in [1.82, 2.24) is 24.3 Å². The highest BCUT2D eigenvalue weighted by molar-refractivity contribution is 5.96. The largest absolute Gasteiger partial charge is 0.292 e. The summed E-state index contributed by atoms with van der Waals surface area (Å²) in [5.41, 5.74) is 18.5. The second-order valence-electron chi connectivity index (χ2n) is 16.2. The highest BCUT2D eigenvalue weighted by atomic mass is 15.0. The summed E-state index contributed by atoms with van der Waals surface area (Å²) in [5, 5.41) is 1.16. The van der Waals surface area contributed by atoms with E-state index in [1.165, 1.54) is 44.5 Å². The third-order valence-electron chi connectivity index (χ3n) is 12.9. The van der Waals surface area contributed by atoms with Crippen LogP contribution in [-0.4, -0.2) is 24.3 Å². The zero-order valence-electron chi connectivity index (χ0n) is 33.4. The third-order valence-corrected chi connectivity index (χ3v) is 12.9. The molecule has 288 valence electrons. The number of pyridine rings is 1. The van der Waals surface area contributed by atoms with Gasteiger partial charge in [-0.2, -0.15) is 0 Å². The molecule has 13 rings (SSSR count). The van der Waals surface area contributed by atoms with E-state index in [9.17, 15) is 0 Å². The number of rotatable bonds is 5. The van der Waals surface area contributed by atoms with Gasteiger partial charge in [0, 0.05) is 27.8 Å². The minimum absolute atomic E-state index is 0.475. The fourth-order valence-electron chi connectivity index (χ4n) is 10.2. The van der Waals surface area contributed by atoms with Crippen LogP contribution in [0.4, 0.5) is 0 Å². The van der Waals surface area contributed by atoms with Crippen LogP contribution >= 0.6 is 0 Å². The van der Waals surface area contributed by atoms with Crippen molar-refractivity contribution in [2.75, 3.05) is 0 Å². The van der Waals surface area contributed by atoms with Gasteiger partial charge < -0.3 is 0 Å². The Labute approximate surface area is 358 Å². The van der Waals surface area contributed by atoms with Gasteiger partial charge in [0.05, 0.1) is 22.3 Å². The molecular formula is C57H35N5. The summed E-state index contributed by atoms with van der Waals surface area (Å²) in [6.07, 6.45) is 0. The van der Waals surface area contributed by atoms with Gasteiger partial charge in [0.2, 0.25) is 0 Å². The van der Waals surface area contributed by atoms with Gasteiger partial charge in [0.1, 0.15) is 5.65 Å². The van der Waals surface area contributed by atoms with Crippen LogP contribution in [0, 0.1) is 0 Å². The van der Waals surface area contributed by atoms with E-state index in [-0.39, 0.29) is 0 Å². The Balaban J connectivity index is 1.01. The minimum atomic E-state index is -0.475. The molecule has 62 heavy (non-hydrogen) atoms. The Kier molecular flexibility index (Phi) is 7.45. The number of aromatic nitrogens is 5. The number of hydrogen-bond acceptors (Lipinski definition) is 4. The summed E-state index contributed by atoms with van der Waals surface area (Å²) in [6.45, 7) is 0. The van der Waals surface area contributed by atoms with Crippen LogP contribution in [-0.2, 0) is 5.41 Å². The molecule has 8 aromatic carbocycles. The Morgan fingerprint density at radius 3 is 1.48 bits per heavy atom. The number of hydrogen-bond donors (Lipinski definition) is 0. The van der Waals surface area contributed by atoms with Crippen LogP contribution < -0.4 is 0 Å². The summed E-state index contributed by atoms with van der Waals surface area (Å²) in [5.74, 6) is 1.84. The van der Waals surface area contributed by atoms with Crippen molar-refractivity contribution in [2.24, 2.45) is 0 Å². The van der Waals surface area contributed by atoms with Gasteiger partial charge in [-0.15, -0.1) is 0 Å². The predicted molar refractivity (Wildman–Crippen MR) is 250 cm³/mol. The lowest BCUT2D eigenvalue weighted by molar-refractivity contribution is 0.794. The maximum atomic E-state index is 5.33. The fourth-order valence-corrected chi connectivity index (χ4v) is 10.2. The number of para-hydroxylation sites is 1. The summed E-state index contributed by atoms with van der Waals surface area (Å²) in [7, 11) is 0. The van der Waals surface area contributed by atoms with Crippen molar-refractivity contribution in [1.29, 1.82) is 0 Å². The van der Waals surface area contributed by atoms with E-state index in [4.69, 9.17) is 19.9 Å². The SMILES string of the molecule is c1ccc(-c2nc(-c3cccc(-c4nc5ccc6ccccc6n5c4-c4ccccc4)c3)nc(-c3ccc4c(c3)C3(c5ccccc5-c5ccccc53)c3ccccc3-4)n2)cc1. The van der Waals surface area contributed by atoms with Gasteiger partial charge in [0.15, 0.2) is 17.5 Å². The zero-order chi connectivity index (χ0) is 40.8. The summed E-state index contributed by atoms with van der Waals surface area (Å²) in [4.78, 5) is 21.0. The number of fused-ring (bicyclic) bond motifs is 13. The molecule has 11 aromatic rings. The van der Waals surface area contributed by atoms with Crippen molar-refractivity contribution in [3.8, 4) is 78.9 Å². The molecule has 0 unspecified atom stereocenters. The first-order valence-electron chi connectivity index (χ1n) is 21.1. The van der Waals surface area contributed by atoms with E-state index in [0.29, 0.717) is 17.5 Å². The van der Waals surface area contributed by atoms with Crippen molar-refractivity contribution >= 4 is 16.6 Å². The van der Waals surface area contributed by atoms with Crippen molar-refractivity contribution in [2.45, 2.75) is 5.41 Å². The van der Waals surface area contributed by atoms with Gasteiger partial charge in [-0.3, -0.25) is 4.40 Å². The molecule has 0 radical (unpaired) electrons. The van der Waals surface area contributed by atoms with Crippen molar-refractivity contribution in [3.05, 3.63) is 235 Å². The minimum Gasteiger partial charge on any atom is -0.292 e. The monoisotopic (exact) mass is 789 g/mol. The predicted octanol–water partition coefficient (Wildman–Crippen LogP) is 13.4. The van der Waals surface area contributed by atoms with Gasteiger partial charge in [-0.25, -0.2) is 19.9 Å². The topological polar surface area (TPSA) is 56.0 Å². The lowest BCUT2D eigenvalue weighted by Crippen LogP contribution is -2.25. The molecule has 0 aliphatic heterocycles. The first-order valence-corrected chi connectivity index (χ1v) is 21.1. The average molecular weight is 790 g/mol. The summed E-state index contributed by atoms with van der Waals surface area (Å²) < 4.78 is 2.28. The van der Waals surface area contributed by atoms with Crippen LogP contribution in [0.15, 0.2) is 212 Å². The first kappa shape index (κ1) is 34.6. The number of nitrogens with zero attached hydrogens (tertiary/aromatic N) is 5. The molecule has 5 heteroatoms. The quantitative estimate of drug-likeness (QED) is 0.174. The van der Waals surface area contributed by atoms with E-state index >= 15 is 0 Å². The van der Waals surface area contributed by atoms with Gasteiger partial charge in [0.25, 0.3) is 0 Å². The lowest BCUT2D eigenvalue weighted by atomic mass is 9.70. The average Bonchev–Trinajstić information content (AvgIpc) is 3.99. The van der Waals surface area contributed by atoms with E-state index in [1.807, 2.05) is 18.2 Å². The van der Waals surface area contributed by atoms with E-state index in [0.717, 1.165) is 55.8 Å². The molecule has 0 saturated carbocycles. The molecule has 5 nitrogen and oxygen atoms in total. The highest BCUT2D eigenvalue weighted by Crippen LogP contribution is 2.63. The smallest absolute Gasteiger partial charge is 0.164 e. The lowest BCUT2D eigenvalue weighted by Gasteiger charge is -2.30. The molecule has 0 fully saturated rings. The number of imidazole rings is 1. The molecule has 3 heterocycles. The van der Waals surface area contributed by atoms with Gasteiger partial charge in [-0.05, 0) is 80.2 Å². The molecule has 2 aliphatic rings. The van der Waals surface area contributed by atoms with E-state index in [1.54, 1.807) is 0 Å². The Morgan fingerprint density at radius 2 is 0.823 bits per heavy atom. The summed E-state index contributed by atoms with van der Waals surface area (Å²) in [6, 6.07) is 75.5. The van der Waals surface area contributed by atoms with E-state index < -0.39 is 5.41 Å². The second-order valence-corrected chi connectivity index (χ2v) is 16.2. The molecule has 0 atom stereocenters.